The minimum Gasteiger partial charge on any atom is -0.308 e. The molecule has 0 N–H and O–H groups in total. The maximum Gasteiger partial charge on any atom is 0.0991 e. The molecule has 0 aromatic carbocycles. The van der Waals surface area contributed by atoms with Crippen LogP contribution in [0.4, 0.5) is 0 Å². The molecule has 1 aromatic rings. The molecule has 2 nitrogen and oxygen atoms in total. The van der Waals surface area contributed by atoms with Crippen molar-refractivity contribution in [1.82, 2.24) is 9.55 Å². The fourth-order valence-corrected chi connectivity index (χ4v) is 0.981. The van der Waals surface area contributed by atoms with Crippen LogP contribution in [0.1, 0.15) is 12.6 Å². The van der Waals surface area contributed by atoms with Gasteiger partial charge in [0, 0.05) is 17.6 Å². The lowest BCUT2D eigenvalue weighted by atomic mass is 10.4. The fourth-order valence-electron chi connectivity index (χ4n) is 0.981. The summed E-state index contributed by atoms with van der Waals surface area (Å²) in [6.45, 7) is 7.68. The zero-order valence-electron chi connectivity index (χ0n) is 6.91. The Balaban J connectivity index is 3.01. The average Bonchev–Trinajstić information content (AvgIpc) is 2.36. The zero-order chi connectivity index (χ0) is 8.27. The van der Waals surface area contributed by atoms with Gasteiger partial charge in [-0.05, 0) is 19.9 Å². The summed E-state index contributed by atoms with van der Waals surface area (Å²) in [5.74, 6) is 0. The smallest absolute Gasteiger partial charge is 0.0991 e. The second-order valence-corrected chi connectivity index (χ2v) is 2.45. The van der Waals surface area contributed by atoms with Crippen LogP contribution >= 0.6 is 0 Å². The van der Waals surface area contributed by atoms with E-state index in [0.717, 1.165) is 11.4 Å². The van der Waals surface area contributed by atoms with Crippen molar-refractivity contribution in [2.75, 3.05) is 0 Å². The molecule has 0 aliphatic rings. The Hall–Kier alpha value is -1.31. The van der Waals surface area contributed by atoms with E-state index in [1.54, 1.807) is 12.4 Å². The highest BCUT2D eigenvalue weighted by atomic mass is 15.0. The van der Waals surface area contributed by atoms with Crippen LogP contribution in [0.25, 0.3) is 5.70 Å². The average molecular weight is 148 g/mol. The highest BCUT2D eigenvalue weighted by Crippen LogP contribution is 2.06. The summed E-state index contributed by atoms with van der Waals surface area (Å²) >= 11 is 0. The number of allylic oxidation sites excluding steroid dienone is 3. The van der Waals surface area contributed by atoms with Gasteiger partial charge in [0.25, 0.3) is 0 Å². The summed E-state index contributed by atoms with van der Waals surface area (Å²) in [6.07, 6.45) is 7.36. The number of hydrogen-bond acceptors (Lipinski definition) is 1. The SMILES string of the molecule is C=C/C=C(\C)n1cncc1C. The molecule has 0 aliphatic carbocycles. The van der Waals surface area contributed by atoms with Gasteiger partial charge < -0.3 is 4.57 Å². The first kappa shape index (κ1) is 7.79. The van der Waals surface area contributed by atoms with Crippen molar-refractivity contribution in [3.63, 3.8) is 0 Å². The molecule has 0 bridgehead atoms. The quantitative estimate of drug-likeness (QED) is 0.588. The largest absolute Gasteiger partial charge is 0.308 e. The van der Waals surface area contributed by atoms with Gasteiger partial charge in [-0.1, -0.05) is 12.7 Å². The Labute approximate surface area is 66.9 Å². The first-order valence-corrected chi connectivity index (χ1v) is 3.54. The van der Waals surface area contributed by atoms with Crippen molar-refractivity contribution >= 4 is 5.70 Å². The van der Waals surface area contributed by atoms with E-state index in [2.05, 4.69) is 11.6 Å². The third-order valence-electron chi connectivity index (χ3n) is 1.56. The molecule has 0 fully saturated rings. The minimum absolute atomic E-state index is 1.13. The van der Waals surface area contributed by atoms with Gasteiger partial charge in [0.15, 0.2) is 0 Å². The first-order valence-electron chi connectivity index (χ1n) is 3.54. The molecule has 0 atom stereocenters. The lowest BCUT2D eigenvalue weighted by Gasteiger charge is -2.02. The molecule has 0 saturated carbocycles. The maximum absolute atomic E-state index is 4.01. The van der Waals surface area contributed by atoms with Crippen molar-refractivity contribution < 1.29 is 0 Å². The number of hydrogen-bond donors (Lipinski definition) is 0. The van der Waals surface area contributed by atoms with Gasteiger partial charge in [-0.2, -0.15) is 0 Å². The molecule has 0 amide bonds. The molecule has 58 valence electrons. The molecule has 0 saturated heterocycles. The maximum atomic E-state index is 4.01. The summed E-state index contributed by atoms with van der Waals surface area (Å²) in [6, 6.07) is 0. The van der Waals surface area contributed by atoms with Crippen LogP contribution in [-0.4, -0.2) is 9.55 Å². The molecule has 1 heterocycles. The molecule has 11 heavy (non-hydrogen) atoms. The molecule has 1 rings (SSSR count). The second-order valence-electron chi connectivity index (χ2n) is 2.45. The van der Waals surface area contributed by atoms with Crippen LogP contribution in [0.5, 0.6) is 0 Å². The van der Waals surface area contributed by atoms with Gasteiger partial charge in [0.2, 0.25) is 0 Å². The van der Waals surface area contributed by atoms with Gasteiger partial charge in [-0.3, -0.25) is 0 Å². The number of aryl methyl sites for hydroxylation is 1. The summed E-state index contributed by atoms with van der Waals surface area (Å²) in [5.41, 5.74) is 2.27. The van der Waals surface area contributed by atoms with E-state index < -0.39 is 0 Å². The Kier molecular flexibility index (Phi) is 2.26. The molecule has 0 radical (unpaired) electrons. The predicted molar refractivity (Wildman–Crippen MR) is 47.1 cm³/mol. The zero-order valence-corrected chi connectivity index (χ0v) is 6.91. The van der Waals surface area contributed by atoms with Crippen molar-refractivity contribution in [3.05, 3.63) is 36.9 Å². The second kappa shape index (κ2) is 3.19. The van der Waals surface area contributed by atoms with Gasteiger partial charge in [-0.15, -0.1) is 0 Å². The minimum atomic E-state index is 1.13. The van der Waals surface area contributed by atoms with Crippen molar-refractivity contribution in [3.8, 4) is 0 Å². The van der Waals surface area contributed by atoms with E-state index in [0.29, 0.717) is 0 Å². The summed E-state index contributed by atoms with van der Waals surface area (Å²) in [7, 11) is 0. The van der Waals surface area contributed by atoms with Crippen LogP contribution in [0, 0.1) is 6.92 Å². The summed E-state index contributed by atoms with van der Waals surface area (Å²) < 4.78 is 2.02. The third-order valence-corrected chi connectivity index (χ3v) is 1.56. The van der Waals surface area contributed by atoms with Crippen LogP contribution in [0.2, 0.25) is 0 Å². The highest BCUT2D eigenvalue weighted by Gasteiger charge is 1.95. The molecule has 1 aromatic heterocycles. The molecule has 0 spiro atoms. The van der Waals surface area contributed by atoms with Crippen LogP contribution in [-0.2, 0) is 0 Å². The molecule has 0 aliphatic heterocycles. The van der Waals surface area contributed by atoms with Crippen LogP contribution < -0.4 is 0 Å². The number of nitrogens with zero attached hydrogens (tertiary/aromatic N) is 2. The number of aromatic nitrogens is 2. The normalized spacial score (nSPS) is 11.6. The van der Waals surface area contributed by atoms with Gasteiger partial charge in [0.05, 0.1) is 6.33 Å². The van der Waals surface area contributed by atoms with E-state index in [1.165, 1.54) is 0 Å². The Bertz CT molecular complexity index is 282. The van der Waals surface area contributed by atoms with E-state index in [4.69, 9.17) is 0 Å². The van der Waals surface area contributed by atoms with Crippen molar-refractivity contribution in [1.29, 1.82) is 0 Å². The molecular weight excluding hydrogens is 136 g/mol. The number of rotatable bonds is 2. The van der Waals surface area contributed by atoms with Crippen molar-refractivity contribution in [2.24, 2.45) is 0 Å². The Morgan fingerprint density at radius 2 is 2.45 bits per heavy atom. The first-order chi connectivity index (χ1) is 5.25. The number of imidazole rings is 1. The van der Waals surface area contributed by atoms with Gasteiger partial charge in [-0.25, -0.2) is 4.98 Å². The van der Waals surface area contributed by atoms with E-state index in [1.807, 2.05) is 30.7 Å². The van der Waals surface area contributed by atoms with Crippen LogP contribution in [0.15, 0.2) is 31.3 Å². The molecule has 0 unspecified atom stereocenters. The predicted octanol–water partition coefficient (Wildman–Crippen LogP) is 2.24. The van der Waals surface area contributed by atoms with Gasteiger partial charge in [0.1, 0.15) is 0 Å². The summed E-state index contributed by atoms with van der Waals surface area (Å²) in [5, 5.41) is 0. The molecule has 2 heteroatoms. The van der Waals surface area contributed by atoms with Crippen molar-refractivity contribution in [2.45, 2.75) is 13.8 Å². The topological polar surface area (TPSA) is 17.8 Å². The molecular formula is C9H12N2. The van der Waals surface area contributed by atoms with Gasteiger partial charge >= 0.3 is 0 Å². The third kappa shape index (κ3) is 1.58. The monoisotopic (exact) mass is 148 g/mol. The van der Waals surface area contributed by atoms with Crippen LogP contribution in [0.3, 0.4) is 0 Å². The Morgan fingerprint density at radius 3 is 2.91 bits per heavy atom. The van der Waals surface area contributed by atoms with E-state index in [9.17, 15) is 0 Å². The fraction of sp³-hybridized carbons (Fsp3) is 0.222. The van der Waals surface area contributed by atoms with E-state index >= 15 is 0 Å². The lowest BCUT2D eigenvalue weighted by Crippen LogP contribution is -1.92. The Morgan fingerprint density at radius 1 is 1.73 bits per heavy atom. The lowest BCUT2D eigenvalue weighted by molar-refractivity contribution is 1.02. The standard InChI is InChI=1S/C9H12N2/c1-4-5-8(2)11-7-10-6-9(11)3/h4-7H,1H2,2-3H3/b8-5+. The van der Waals surface area contributed by atoms with E-state index in [-0.39, 0.29) is 0 Å². The highest BCUT2D eigenvalue weighted by molar-refractivity contribution is 5.45. The summed E-state index contributed by atoms with van der Waals surface area (Å²) in [4.78, 5) is 4.01.